The molecule has 2 aromatic rings. The molecule has 0 atom stereocenters. The molecule has 0 amide bonds. The van der Waals surface area contributed by atoms with Gasteiger partial charge >= 0.3 is 0 Å². The molecule has 0 unspecified atom stereocenters. The largest absolute Gasteiger partial charge is 0.240 e. The fourth-order valence-electron chi connectivity index (χ4n) is 1.07. The molecule has 4 heteroatoms. The molecule has 0 radical (unpaired) electrons. The maximum Gasteiger partial charge on any atom is 0.175 e. The summed E-state index contributed by atoms with van der Waals surface area (Å²) in [5.74, 6) is 0.485. The number of nitrogens with one attached hydrogen (secondary N) is 1. The average molecular weight is 162 g/mol. The van der Waals surface area contributed by atoms with Gasteiger partial charge in [0.15, 0.2) is 5.65 Å². The molecule has 2 rings (SSSR count). The Balaban J connectivity index is 2.60. The second-order valence-electron chi connectivity index (χ2n) is 3.10. The molecule has 0 aliphatic carbocycles. The highest BCUT2D eigenvalue weighted by atomic mass is 15.3. The molecule has 0 saturated heterocycles. The van der Waals surface area contributed by atoms with E-state index in [9.17, 15) is 0 Å². The molecule has 2 heterocycles. The Morgan fingerprint density at radius 3 is 3.00 bits per heavy atom. The van der Waals surface area contributed by atoms with Gasteiger partial charge in [-0.15, -0.1) is 5.10 Å². The number of hydrogen-bond donors (Lipinski definition) is 1. The van der Waals surface area contributed by atoms with E-state index in [1.807, 2.05) is 12.3 Å². The number of aromatic amines is 1. The lowest BCUT2D eigenvalue weighted by Crippen LogP contribution is -1.88. The normalized spacial score (nSPS) is 11.2. The maximum absolute atomic E-state index is 4.18. The Hall–Kier alpha value is -1.45. The molecule has 0 spiro atoms. The van der Waals surface area contributed by atoms with Crippen LogP contribution < -0.4 is 0 Å². The quantitative estimate of drug-likeness (QED) is 0.690. The third-order valence-corrected chi connectivity index (χ3v) is 1.87. The first kappa shape index (κ1) is 7.21. The lowest BCUT2D eigenvalue weighted by atomic mass is 10.1. The van der Waals surface area contributed by atoms with Crippen LogP contribution in [0.5, 0.6) is 0 Å². The SMILES string of the molecule is CC(C)c1cnc2[nH]nnc2c1. The minimum Gasteiger partial charge on any atom is -0.240 e. The number of pyridine rings is 1. The smallest absolute Gasteiger partial charge is 0.175 e. The highest BCUT2D eigenvalue weighted by Crippen LogP contribution is 2.15. The monoisotopic (exact) mass is 162 g/mol. The summed E-state index contributed by atoms with van der Waals surface area (Å²) in [7, 11) is 0. The third-order valence-electron chi connectivity index (χ3n) is 1.87. The van der Waals surface area contributed by atoms with Crippen molar-refractivity contribution in [2.45, 2.75) is 19.8 Å². The zero-order chi connectivity index (χ0) is 8.55. The van der Waals surface area contributed by atoms with Crippen LogP contribution in [0.2, 0.25) is 0 Å². The van der Waals surface area contributed by atoms with Crippen LogP contribution in [0.4, 0.5) is 0 Å². The van der Waals surface area contributed by atoms with Crippen LogP contribution in [0.1, 0.15) is 25.3 Å². The van der Waals surface area contributed by atoms with Gasteiger partial charge in [-0.3, -0.25) is 0 Å². The summed E-state index contributed by atoms with van der Waals surface area (Å²) in [6.45, 7) is 4.26. The summed E-state index contributed by atoms with van der Waals surface area (Å²) in [5, 5.41) is 10.3. The Labute approximate surface area is 70.0 Å². The molecule has 0 aromatic carbocycles. The van der Waals surface area contributed by atoms with E-state index in [-0.39, 0.29) is 0 Å². The third kappa shape index (κ3) is 1.05. The minimum atomic E-state index is 0.485. The summed E-state index contributed by atoms with van der Waals surface area (Å²) in [6.07, 6.45) is 1.85. The molecular formula is C8H10N4. The lowest BCUT2D eigenvalue weighted by molar-refractivity contribution is 0.861. The first-order valence-corrected chi connectivity index (χ1v) is 3.94. The Morgan fingerprint density at radius 1 is 1.42 bits per heavy atom. The van der Waals surface area contributed by atoms with Crippen molar-refractivity contribution in [2.24, 2.45) is 0 Å². The van der Waals surface area contributed by atoms with Crippen molar-refractivity contribution in [2.75, 3.05) is 0 Å². The van der Waals surface area contributed by atoms with E-state index in [2.05, 4.69) is 34.2 Å². The second kappa shape index (κ2) is 2.55. The number of aromatic nitrogens is 4. The molecule has 0 fully saturated rings. The van der Waals surface area contributed by atoms with Crippen molar-refractivity contribution in [1.82, 2.24) is 20.4 Å². The topological polar surface area (TPSA) is 54.5 Å². The van der Waals surface area contributed by atoms with Crippen LogP contribution >= 0.6 is 0 Å². The molecule has 4 nitrogen and oxygen atoms in total. The number of nitrogens with zero attached hydrogens (tertiary/aromatic N) is 3. The van der Waals surface area contributed by atoms with Crippen LogP contribution in [0.15, 0.2) is 12.3 Å². The summed E-state index contributed by atoms with van der Waals surface area (Å²) >= 11 is 0. The second-order valence-corrected chi connectivity index (χ2v) is 3.10. The van der Waals surface area contributed by atoms with Crippen LogP contribution in [-0.4, -0.2) is 20.4 Å². The van der Waals surface area contributed by atoms with E-state index in [4.69, 9.17) is 0 Å². The van der Waals surface area contributed by atoms with Crippen molar-refractivity contribution in [1.29, 1.82) is 0 Å². The van der Waals surface area contributed by atoms with Crippen molar-refractivity contribution in [3.8, 4) is 0 Å². The van der Waals surface area contributed by atoms with E-state index in [1.165, 1.54) is 5.56 Å². The van der Waals surface area contributed by atoms with Crippen molar-refractivity contribution in [3.63, 3.8) is 0 Å². The molecule has 0 aliphatic heterocycles. The predicted octanol–water partition coefficient (Wildman–Crippen LogP) is 1.48. The fraction of sp³-hybridized carbons (Fsp3) is 0.375. The van der Waals surface area contributed by atoms with Gasteiger partial charge in [0.25, 0.3) is 0 Å². The number of rotatable bonds is 1. The van der Waals surface area contributed by atoms with Crippen LogP contribution in [0.25, 0.3) is 11.2 Å². The van der Waals surface area contributed by atoms with Gasteiger partial charge in [-0.1, -0.05) is 19.1 Å². The Kier molecular flexibility index (Phi) is 1.53. The van der Waals surface area contributed by atoms with E-state index in [0.29, 0.717) is 5.92 Å². The highest BCUT2D eigenvalue weighted by molar-refractivity contribution is 5.69. The lowest BCUT2D eigenvalue weighted by Gasteiger charge is -2.01. The van der Waals surface area contributed by atoms with Gasteiger partial charge < -0.3 is 0 Å². The number of fused-ring (bicyclic) bond motifs is 1. The summed E-state index contributed by atoms with van der Waals surface area (Å²) in [4.78, 5) is 4.18. The molecule has 0 bridgehead atoms. The summed E-state index contributed by atoms with van der Waals surface area (Å²) in [6, 6.07) is 2.01. The van der Waals surface area contributed by atoms with Gasteiger partial charge in [0.2, 0.25) is 0 Å². The van der Waals surface area contributed by atoms with Gasteiger partial charge in [-0.05, 0) is 17.5 Å². The van der Waals surface area contributed by atoms with Gasteiger partial charge in [0, 0.05) is 6.20 Å². The zero-order valence-electron chi connectivity index (χ0n) is 7.07. The van der Waals surface area contributed by atoms with E-state index in [1.54, 1.807) is 0 Å². The average Bonchev–Trinajstić information content (AvgIpc) is 2.49. The predicted molar refractivity (Wildman–Crippen MR) is 45.8 cm³/mol. The fourth-order valence-corrected chi connectivity index (χ4v) is 1.07. The highest BCUT2D eigenvalue weighted by Gasteiger charge is 2.03. The molecule has 12 heavy (non-hydrogen) atoms. The van der Waals surface area contributed by atoms with Gasteiger partial charge in [-0.2, -0.15) is 0 Å². The first-order chi connectivity index (χ1) is 5.77. The van der Waals surface area contributed by atoms with E-state index >= 15 is 0 Å². The molecule has 2 aromatic heterocycles. The number of H-pyrrole nitrogens is 1. The molecule has 1 N–H and O–H groups in total. The maximum atomic E-state index is 4.18. The van der Waals surface area contributed by atoms with E-state index in [0.717, 1.165) is 11.2 Å². The number of hydrogen-bond acceptors (Lipinski definition) is 3. The van der Waals surface area contributed by atoms with Gasteiger partial charge in [-0.25, -0.2) is 10.1 Å². The Bertz CT molecular complexity index is 391. The van der Waals surface area contributed by atoms with Crippen molar-refractivity contribution < 1.29 is 0 Å². The van der Waals surface area contributed by atoms with E-state index < -0.39 is 0 Å². The van der Waals surface area contributed by atoms with Gasteiger partial charge in [0.1, 0.15) is 5.52 Å². The molecule has 0 saturated carbocycles. The molecule has 62 valence electrons. The van der Waals surface area contributed by atoms with Crippen LogP contribution in [0, 0.1) is 0 Å². The Morgan fingerprint density at radius 2 is 2.25 bits per heavy atom. The minimum absolute atomic E-state index is 0.485. The summed E-state index contributed by atoms with van der Waals surface area (Å²) < 4.78 is 0. The standard InChI is InChI=1S/C8H10N4/c1-5(2)6-3-7-8(9-4-6)11-12-10-7/h3-5H,1-2H3,(H,9,10,11,12). The van der Waals surface area contributed by atoms with Crippen LogP contribution in [-0.2, 0) is 0 Å². The molecular weight excluding hydrogens is 152 g/mol. The van der Waals surface area contributed by atoms with Crippen LogP contribution in [0.3, 0.4) is 0 Å². The van der Waals surface area contributed by atoms with Crippen molar-refractivity contribution in [3.05, 3.63) is 17.8 Å². The molecule has 0 aliphatic rings. The van der Waals surface area contributed by atoms with Gasteiger partial charge in [0.05, 0.1) is 0 Å². The zero-order valence-corrected chi connectivity index (χ0v) is 7.07. The first-order valence-electron chi connectivity index (χ1n) is 3.94. The van der Waals surface area contributed by atoms with Crippen molar-refractivity contribution >= 4 is 11.2 Å². The summed E-state index contributed by atoms with van der Waals surface area (Å²) in [5.41, 5.74) is 2.78.